The number of carbonyl (C=O) groups is 2. The van der Waals surface area contributed by atoms with Gasteiger partial charge < -0.3 is 5.32 Å². The zero-order valence-corrected chi connectivity index (χ0v) is 11.3. The summed E-state index contributed by atoms with van der Waals surface area (Å²) in [4.78, 5) is 26.7. The number of nitrogens with zero attached hydrogens (tertiary/aromatic N) is 1. The van der Waals surface area contributed by atoms with Crippen LogP contribution < -0.4 is 5.32 Å². The summed E-state index contributed by atoms with van der Waals surface area (Å²) in [5.74, 6) is 0.262. The molecule has 0 radical (unpaired) electrons. The summed E-state index contributed by atoms with van der Waals surface area (Å²) in [5.41, 5.74) is 1.02. The maximum Gasteiger partial charge on any atom is 0.234 e. The monoisotopic (exact) mass is 270 g/mol. The number of benzene rings is 1. The fourth-order valence-electron chi connectivity index (χ4n) is 4.13. The van der Waals surface area contributed by atoms with Gasteiger partial charge >= 0.3 is 0 Å². The van der Waals surface area contributed by atoms with Crippen molar-refractivity contribution >= 4 is 11.8 Å². The highest BCUT2D eigenvalue weighted by atomic mass is 16.2. The maximum atomic E-state index is 12.6. The number of nitrogens with one attached hydrogen (secondary N) is 1. The summed E-state index contributed by atoms with van der Waals surface area (Å²) in [6.07, 6.45) is 2.11. The van der Waals surface area contributed by atoms with E-state index in [1.165, 1.54) is 4.90 Å². The van der Waals surface area contributed by atoms with Gasteiger partial charge in [-0.15, -0.1) is 0 Å². The van der Waals surface area contributed by atoms with Crippen molar-refractivity contribution in [3.05, 3.63) is 35.9 Å². The maximum absolute atomic E-state index is 12.6. The third-order valence-corrected chi connectivity index (χ3v) is 5.10. The normalized spacial score (nSPS) is 35.5. The first-order chi connectivity index (χ1) is 9.75. The third-order valence-electron chi connectivity index (χ3n) is 5.10. The van der Waals surface area contributed by atoms with Crippen molar-refractivity contribution in [2.45, 2.75) is 25.4 Å². The molecule has 4 atom stereocenters. The molecule has 1 saturated carbocycles. The van der Waals surface area contributed by atoms with Gasteiger partial charge in [0.2, 0.25) is 11.8 Å². The average Bonchev–Trinajstić information content (AvgIpc) is 2.77. The van der Waals surface area contributed by atoms with Crippen LogP contribution in [0.1, 0.15) is 18.4 Å². The van der Waals surface area contributed by atoms with Gasteiger partial charge in [0.05, 0.1) is 18.4 Å². The number of hydrogen-bond acceptors (Lipinski definition) is 3. The summed E-state index contributed by atoms with van der Waals surface area (Å²) >= 11 is 0. The molecule has 2 amide bonds. The van der Waals surface area contributed by atoms with Crippen LogP contribution in [-0.2, 0) is 16.1 Å². The Morgan fingerprint density at radius 3 is 2.45 bits per heavy atom. The smallest absolute Gasteiger partial charge is 0.234 e. The zero-order valence-electron chi connectivity index (χ0n) is 11.3. The predicted octanol–water partition coefficient (Wildman–Crippen LogP) is 1.17. The molecule has 4 fully saturated rings. The van der Waals surface area contributed by atoms with Crippen molar-refractivity contribution in [3.63, 3.8) is 0 Å². The minimum absolute atomic E-state index is 0.0331. The van der Waals surface area contributed by atoms with Crippen LogP contribution in [-0.4, -0.2) is 29.3 Å². The first kappa shape index (κ1) is 12.1. The van der Waals surface area contributed by atoms with Crippen molar-refractivity contribution in [2.75, 3.05) is 6.54 Å². The van der Waals surface area contributed by atoms with Crippen LogP contribution >= 0.6 is 0 Å². The van der Waals surface area contributed by atoms with Crippen molar-refractivity contribution in [3.8, 4) is 0 Å². The van der Waals surface area contributed by atoms with Gasteiger partial charge in [-0.05, 0) is 30.9 Å². The van der Waals surface area contributed by atoms with Gasteiger partial charge in [0.15, 0.2) is 0 Å². The van der Waals surface area contributed by atoms with E-state index >= 15 is 0 Å². The Labute approximate surface area is 118 Å². The molecule has 1 aliphatic carbocycles. The topological polar surface area (TPSA) is 49.4 Å². The highest BCUT2D eigenvalue weighted by Crippen LogP contribution is 2.45. The van der Waals surface area contributed by atoms with Gasteiger partial charge in [-0.25, -0.2) is 0 Å². The second-order valence-electron chi connectivity index (χ2n) is 6.15. The van der Waals surface area contributed by atoms with Gasteiger partial charge in [0, 0.05) is 6.04 Å². The lowest BCUT2D eigenvalue weighted by molar-refractivity contribution is -0.140. The van der Waals surface area contributed by atoms with Gasteiger partial charge in [0.1, 0.15) is 0 Å². The molecule has 0 spiro atoms. The lowest BCUT2D eigenvalue weighted by Gasteiger charge is -2.43. The van der Waals surface area contributed by atoms with Gasteiger partial charge in [0.25, 0.3) is 0 Å². The number of carbonyl (C=O) groups excluding carboxylic acids is 2. The molecule has 4 nitrogen and oxygen atoms in total. The van der Waals surface area contributed by atoms with E-state index in [-0.39, 0.29) is 29.7 Å². The van der Waals surface area contributed by atoms with E-state index in [9.17, 15) is 9.59 Å². The SMILES string of the molecule is O=C1[C@H]2[C@H]3CC[C@H](NC3)[C@H]2C(=O)N1Cc1ccccc1. The van der Waals surface area contributed by atoms with E-state index in [2.05, 4.69) is 5.32 Å². The quantitative estimate of drug-likeness (QED) is 0.821. The lowest BCUT2D eigenvalue weighted by atomic mass is 9.67. The lowest BCUT2D eigenvalue weighted by Crippen LogP contribution is -2.56. The van der Waals surface area contributed by atoms with E-state index in [1.807, 2.05) is 30.3 Å². The van der Waals surface area contributed by atoms with Gasteiger partial charge in [-0.3, -0.25) is 14.5 Å². The summed E-state index contributed by atoms with van der Waals surface area (Å²) in [7, 11) is 0. The molecule has 1 aromatic carbocycles. The van der Waals surface area contributed by atoms with Crippen LogP contribution in [0.3, 0.4) is 0 Å². The molecule has 0 aromatic heterocycles. The number of likely N-dealkylation sites (tertiary alicyclic amines) is 1. The highest BCUT2D eigenvalue weighted by Gasteiger charge is 2.57. The number of rotatable bonds is 2. The van der Waals surface area contributed by atoms with E-state index in [0.29, 0.717) is 12.5 Å². The van der Waals surface area contributed by atoms with E-state index in [0.717, 1.165) is 24.9 Å². The summed E-state index contributed by atoms with van der Waals surface area (Å²) in [6.45, 7) is 1.31. The Balaban J connectivity index is 1.63. The molecule has 3 aliphatic heterocycles. The van der Waals surface area contributed by atoms with Crippen molar-refractivity contribution in [1.82, 2.24) is 10.2 Å². The van der Waals surface area contributed by atoms with E-state index in [1.54, 1.807) is 0 Å². The Morgan fingerprint density at radius 2 is 1.80 bits per heavy atom. The highest BCUT2D eigenvalue weighted by molar-refractivity contribution is 6.05. The van der Waals surface area contributed by atoms with Crippen LogP contribution in [0, 0.1) is 17.8 Å². The standard InChI is InChI=1S/C16H18N2O2/c19-15-13-11-6-7-12(17-8-11)14(13)16(20)18(15)9-10-4-2-1-3-5-10/h1-5,11-14,17H,6-9H2/t11-,12-,13-,14+/m0/s1. The predicted molar refractivity (Wildman–Crippen MR) is 73.5 cm³/mol. The zero-order chi connectivity index (χ0) is 13.7. The molecule has 1 aromatic rings. The minimum Gasteiger partial charge on any atom is -0.313 e. The Morgan fingerprint density at radius 1 is 1.05 bits per heavy atom. The molecule has 5 rings (SSSR count). The largest absolute Gasteiger partial charge is 0.313 e. The molecule has 20 heavy (non-hydrogen) atoms. The van der Waals surface area contributed by atoms with Gasteiger partial charge in [-0.2, -0.15) is 0 Å². The molecule has 4 aliphatic rings. The second-order valence-corrected chi connectivity index (χ2v) is 6.15. The fourth-order valence-corrected chi connectivity index (χ4v) is 4.13. The number of imide groups is 1. The molecule has 104 valence electrons. The first-order valence-corrected chi connectivity index (χ1v) is 7.38. The minimum atomic E-state index is -0.112. The van der Waals surface area contributed by atoms with Crippen molar-refractivity contribution in [2.24, 2.45) is 17.8 Å². The van der Waals surface area contributed by atoms with Crippen molar-refractivity contribution in [1.29, 1.82) is 0 Å². The Bertz CT molecular complexity index is 519. The third kappa shape index (κ3) is 1.64. The molecule has 4 heteroatoms. The average molecular weight is 270 g/mol. The second kappa shape index (κ2) is 4.42. The molecule has 3 heterocycles. The number of piperidine rings is 2. The number of hydrogen-bond donors (Lipinski definition) is 1. The molecule has 1 N–H and O–H groups in total. The summed E-state index contributed by atoms with van der Waals surface area (Å²) < 4.78 is 0. The van der Waals surface area contributed by atoms with Crippen LogP contribution in [0.4, 0.5) is 0 Å². The van der Waals surface area contributed by atoms with Crippen LogP contribution in [0.25, 0.3) is 0 Å². The van der Waals surface area contributed by atoms with E-state index < -0.39 is 0 Å². The van der Waals surface area contributed by atoms with Crippen LogP contribution in [0.5, 0.6) is 0 Å². The van der Waals surface area contributed by atoms with Crippen LogP contribution in [0.2, 0.25) is 0 Å². The summed E-state index contributed by atoms with van der Waals surface area (Å²) in [5, 5.41) is 3.43. The molecule has 2 bridgehead atoms. The van der Waals surface area contributed by atoms with E-state index in [4.69, 9.17) is 0 Å². The first-order valence-electron chi connectivity index (χ1n) is 7.38. The number of amides is 2. The van der Waals surface area contributed by atoms with Gasteiger partial charge in [-0.1, -0.05) is 30.3 Å². The Kier molecular flexibility index (Phi) is 2.67. The number of fused-ring (bicyclic) bond motifs is 2. The van der Waals surface area contributed by atoms with Crippen molar-refractivity contribution < 1.29 is 9.59 Å². The Hall–Kier alpha value is -1.68. The molecule has 3 saturated heterocycles. The fraction of sp³-hybridized carbons (Fsp3) is 0.500. The summed E-state index contributed by atoms with van der Waals surface area (Å²) in [6, 6.07) is 9.98. The molecule has 0 unspecified atom stereocenters. The molecular formula is C16H18N2O2. The van der Waals surface area contributed by atoms with Crippen LogP contribution in [0.15, 0.2) is 30.3 Å². The molecular weight excluding hydrogens is 252 g/mol.